The van der Waals surface area contributed by atoms with Gasteiger partial charge >= 0.3 is 6.03 Å². The monoisotopic (exact) mass is 308 g/mol. The Kier molecular flexibility index (Phi) is 4.68. The van der Waals surface area contributed by atoms with Gasteiger partial charge in [0.05, 0.1) is 0 Å². The number of likely N-dealkylation sites (tertiary alicyclic amines) is 1. The summed E-state index contributed by atoms with van der Waals surface area (Å²) < 4.78 is 0. The third-order valence-corrected chi connectivity index (χ3v) is 5.34. The van der Waals surface area contributed by atoms with Crippen LogP contribution in [0.25, 0.3) is 0 Å². The maximum Gasteiger partial charge on any atom is 0.325 e. The van der Waals surface area contributed by atoms with Crippen molar-refractivity contribution >= 4 is 11.9 Å². The lowest BCUT2D eigenvalue weighted by molar-refractivity contribution is -0.133. The average molecular weight is 308 g/mol. The van der Waals surface area contributed by atoms with Crippen molar-refractivity contribution in [1.82, 2.24) is 20.4 Å². The molecule has 124 valence electrons. The molecule has 0 aromatic heterocycles. The third-order valence-electron chi connectivity index (χ3n) is 5.34. The number of carbonyl (C=O) groups excluding carboxylic acids is 2. The first-order valence-electron chi connectivity index (χ1n) is 8.72. The van der Waals surface area contributed by atoms with Gasteiger partial charge in [0.1, 0.15) is 5.54 Å². The second-order valence-electron chi connectivity index (χ2n) is 6.98. The van der Waals surface area contributed by atoms with Crippen LogP contribution in [0, 0.1) is 5.92 Å². The molecule has 3 heterocycles. The minimum atomic E-state index is -0.622. The maximum absolute atomic E-state index is 12.8. The van der Waals surface area contributed by atoms with E-state index in [1.165, 1.54) is 4.90 Å². The van der Waals surface area contributed by atoms with Crippen molar-refractivity contribution < 1.29 is 9.59 Å². The lowest BCUT2D eigenvalue weighted by Gasteiger charge is -2.37. The molecule has 3 fully saturated rings. The average Bonchev–Trinajstić information content (AvgIpc) is 2.76. The van der Waals surface area contributed by atoms with Crippen LogP contribution >= 0.6 is 0 Å². The van der Waals surface area contributed by atoms with Crippen LogP contribution in [-0.4, -0.2) is 66.5 Å². The highest BCUT2D eigenvalue weighted by Gasteiger charge is 2.52. The number of hydrogen-bond acceptors (Lipinski definition) is 4. The Morgan fingerprint density at radius 3 is 2.68 bits per heavy atom. The first kappa shape index (κ1) is 15.7. The predicted molar refractivity (Wildman–Crippen MR) is 84.5 cm³/mol. The molecule has 1 unspecified atom stereocenters. The second-order valence-corrected chi connectivity index (χ2v) is 6.98. The van der Waals surface area contributed by atoms with Crippen LogP contribution in [0.1, 0.15) is 39.0 Å². The summed E-state index contributed by atoms with van der Waals surface area (Å²) in [6.07, 6.45) is 4.86. The number of nitrogens with zero attached hydrogens (tertiary/aromatic N) is 2. The zero-order valence-electron chi connectivity index (χ0n) is 13.6. The van der Waals surface area contributed by atoms with Crippen molar-refractivity contribution in [1.29, 1.82) is 0 Å². The van der Waals surface area contributed by atoms with Crippen LogP contribution in [0.2, 0.25) is 0 Å². The molecule has 0 aromatic rings. The van der Waals surface area contributed by atoms with E-state index < -0.39 is 5.54 Å². The minimum Gasteiger partial charge on any atom is -0.323 e. The van der Waals surface area contributed by atoms with Gasteiger partial charge in [-0.2, -0.15) is 0 Å². The topological polar surface area (TPSA) is 64.7 Å². The normalized spacial score (nSPS) is 29.1. The quantitative estimate of drug-likeness (QED) is 0.754. The smallest absolute Gasteiger partial charge is 0.323 e. The number of carbonyl (C=O) groups is 2. The molecule has 0 saturated carbocycles. The number of urea groups is 1. The molecule has 2 N–H and O–H groups in total. The van der Waals surface area contributed by atoms with Gasteiger partial charge < -0.3 is 15.5 Å². The molecule has 6 nitrogen and oxygen atoms in total. The molecule has 1 spiro atoms. The van der Waals surface area contributed by atoms with Crippen molar-refractivity contribution in [2.45, 2.75) is 44.6 Å². The van der Waals surface area contributed by atoms with Gasteiger partial charge in [0.2, 0.25) is 0 Å². The number of nitrogens with one attached hydrogen (secondary N) is 2. The molecule has 0 radical (unpaired) electrons. The zero-order valence-corrected chi connectivity index (χ0v) is 13.6. The highest BCUT2D eigenvalue weighted by molar-refractivity contribution is 6.07. The van der Waals surface area contributed by atoms with Gasteiger partial charge in [-0.3, -0.25) is 9.69 Å². The van der Waals surface area contributed by atoms with Crippen LogP contribution in [0.15, 0.2) is 0 Å². The SMILES string of the molecule is CCCN1CCC2(CC1)NC(=O)N(CC1CCCNC1)C2=O. The summed E-state index contributed by atoms with van der Waals surface area (Å²) in [6.45, 7) is 7.58. The summed E-state index contributed by atoms with van der Waals surface area (Å²) in [7, 11) is 0. The van der Waals surface area contributed by atoms with Crippen molar-refractivity contribution in [3.8, 4) is 0 Å². The summed E-state index contributed by atoms with van der Waals surface area (Å²) in [5.41, 5.74) is -0.622. The minimum absolute atomic E-state index is 0.0132. The second kappa shape index (κ2) is 6.54. The molecule has 3 aliphatic rings. The molecule has 0 aromatic carbocycles. The van der Waals surface area contributed by atoms with Crippen LogP contribution in [0.3, 0.4) is 0 Å². The van der Waals surface area contributed by atoms with Gasteiger partial charge in [-0.25, -0.2) is 4.79 Å². The van der Waals surface area contributed by atoms with Crippen LogP contribution in [-0.2, 0) is 4.79 Å². The Morgan fingerprint density at radius 2 is 2.05 bits per heavy atom. The van der Waals surface area contributed by atoms with Crippen molar-refractivity contribution in [2.24, 2.45) is 5.92 Å². The van der Waals surface area contributed by atoms with Gasteiger partial charge in [-0.15, -0.1) is 0 Å². The van der Waals surface area contributed by atoms with Crippen molar-refractivity contribution in [3.05, 3.63) is 0 Å². The van der Waals surface area contributed by atoms with Gasteiger partial charge in [0, 0.05) is 19.6 Å². The van der Waals surface area contributed by atoms with Gasteiger partial charge in [-0.05, 0) is 57.7 Å². The molecule has 1 atom stereocenters. The fourth-order valence-electron chi connectivity index (χ4n) is 3.99. The Bertz CT molecular complexity index is 426. The number of hydrogen-bond donors (Lipinski definition) is 2. The fraction of sp³-hybridized carbons (Fsp3) is 0.875. The van der Waals surface area contributed by atoms with E-state index in [0.29, 0.717) is 12.5 Å². The third kappa shape index (κ3) is 2.99. The Balaban J connectivity index is 1.61. The Morgan fingerprint density at radius 1 is 1.27 bits per heavy atom. The van der Waals surface area contributed by atoms with E-state index >= 15 is 0 Å². The molecule has 3 amide bonds. The highest BCUT2D eigenvalue weighted by atomic mass is 16.2. The highest BCUT2D eigenvalue weighted by Crippen LogP contribution is 2.30. The molecule has 3 aliphatic heterocycles. The molecular formula is C16H28N4O2. The summed E-state index contributed by atoms with van der Waals surface area (Å²) >= 11 is 0. The van der Waals surface area contributed by atoms with E-state index in [2.05, 4.69) is 22.5 Å². The predicted octanol–water partition coefficient (Wildman–Crippen LogP) is 0.782. The van der Waals surface area contributed by atoms with E-state index in [-0.39, 0.29) is 11.9 Å². The molecule has 3 rings (SSSR count). The number of amides is 3. The van der Waals surface area contributed by atoms with Crippen LogP contribution in [0.5, 0.6) is 0 Å². The first-order chi connectivity index (χ1) is 10.6. The Hall–Kier alpha value is -1.14. The summed E-state index contributed by atoms with van der Waals surface area (Å²) in [6, 6.07) is -0.181. The largest absolute Gasteiger partial charge is 0.325 e. The molecule has 0 bridgehead atoms. The summed E-state index contributed by atoms with van der Waals surface area (Å²) in [5, 5.41) is 6.36. The van der Waals surface area contributed by atoms with Gasteiger partial charge in [0.15, 0.2) is 0 Å². The summed E-state index contributed by atoms with van der Waals surface area (Å²) in [4.78, 5) is 29.0. The standard InChI is InChI=1S/C16H28N4O2/c1-2-8-19-9-5-16(6-10-19)14(21)20(15(22)18-16)12-13-4-3-7-17-11-13/h13,17H,2-12H2,1H3,(H,18,22). The molecule has 0 aliphatic carbocycles. The number of rotatable bonds is 4. The van der Waals surface area contributed by atoms with Crippen LogP contribution < -0.4 is 10.6 Å². The molecule has 22 heavy (non-hydrogen) atoms. The number of piperidine rings is 2. The summed E-state index contributed by atoms with van der Waals surface area (Å²) in [5.74, 6) is 0.415. The first-order valence-corrected chi connectivity index (χ1v) is 8.72. The van der Waals surface area contributed by atoms with E-state index in [1.807, 2.05) is 0 Å². The lowest BCUT2D eigenvalue weighted by atomic mass is 9.87. The van der Waals surface area contributed by atoms with Crippen molar-refractivity contribution in [2.75, 3.05) is 39.3 Å². The molecular weight excluding hydrogens is 280 g/mol. The lowest BCUT2D eigenvalue weighted by Crippen LogP contribution is -2.55. The zero-order chi connectivity index (χ0) is 15.6. The van der Waals surface area contributed by atoms with Crippen LogP contribution in [0.4, 0.5) is 4.79 Å². The molecule has 3 saturated heterocycles. The fourth-order valence-corrected chi connectivity index (χ4v) is 3.99. The van der Waals surface area contributed by atoms with E-state index in [0.717, 1.165) is 64.8 Å². The number of imide groups is 1. The maximum atomic E-state index is 12.8. The molecule has 6 heteroatoms. The van der Waals surface area contributed by atoms with E-state index in [1.54, 1.807) is 0 Å². The van der Waals surface area contributed by atoms with Crippen molar-refractivity contribution in [3.63, 3.8) is 0 Å². The Labute approximate surface area is 132 Å². The van der Waals surface area contributed by atoms with E-state index in [9.17, 15) is 9.59 Å². The van der Waals surface area contributed by atoms with Gasteiger partial charge in [0.25, 0.3) is 5.91 Å². The van der Waals surface area contributed by atoms with E-state index in [4.69, 9.17) is 0 Å². The van der Waals surface area contributed by atoms with Gasteiger partial charge in [-0.1, -0.05) is 6.92 Å².